The van der Waals surface area contributed by atoms with Crippen molar-refractivity contribution in [1.29, 1.82) is 0 Å². The van der Waals surface area contributed by atoms with Crippen LogP contribution >= 0.6 is 12.2 Å². The molecule has 1 heterocycles. The zero-order chi connectivity index (χ0) is 22.7. The van der Waals surface area contributed by atoms with Crippen LogP contribution in [0, 0.1) is 19.7 Å². The summed E-state index contributed by atoms with van der Waals surface area (Å²) in [5, 5.41) is 5.20. The molecule has 4 nitrogen and oxygen atoms in total. The number of hydrogen-bond acceptors (Lipinski definition) is 2. The Bertz CT molecular complexity index is 1170. The molecule has 0 saturated heterocycles. The standard InChI is InChI=1S/C26H30FN3OS/c1-17-12-18(2)23-14-20(25(31)29-24(23)13-17)16-30(15-19-8-10-21(27)11-9-19)26(32)28-22-6-4-3-5-7-22/h8-14,22H,3-7,15-16H2,1-2H3,(H,28,32)(H,29,31). The third kappa shape index (κ3) is 5.36. The normalized spacial score (nSPS) is 14.5. The topological polar surface area (TPSA) is 48.1 Å². The number of pyridine rings is 1. The number of H-pyrrole nitrogens is 1. The van der Waals surface area contributed by atoms with Crippen molar-refractivity contribution in [2.75, 3.05) is 0 Å². The quantitative estimate of drug-likeness (QED) is 0.504. The van der Waals surface area contributed by atoms with Crippen molar-refractivity contribution in [3.63, 3.8) is 0 Å². The number of nitrogens with zero attached hydrogens (tertiary/aromatic N) is 1. The third-order valence-electron chi connectivity index (χ3n) is 6.26. The van der Waals surface area contributed by atoms with Crippen LogP contribution in [0.25, 0.3) is 10.9 Å². The molecule has 0 aliphatic heterocycles. The van der Waals surface area contributed by atoms with E-state index in [0.717, 1.165) is 40.4 Å². The average molecular weight is 452 g/mol. The van der Waals surface area contributed by atoms with Crippen LogP contribution in [0.5, 0.6) is 0 Å². The Morgan fingerprint density at radius 1 is 1.09 bits per heavy atom. The largest absolute Gasteiger partial charge is 0.360 e. The lowest BCUT2D eigenvalue weighted by molar-refractivity contribution is 0.362. The van der Waals surface area contributed by atoms with Gasteiger partial charge in [0.15, 0.2) is 5.11 Å². The molecule has 0 bridgehead atoms. The summed E-state index contributed by atoms with van der Waals surface area (Å²) in [5.41, 5.74) is 4.61. The van der Waals surface area contributed by atoms with Gasteiger partial charge in [0.25, 0.3) is 5.56 Å². The fourth-order valence-corrected chi connectivity index (χ4v) is 4.86. The van der Waals surface area contributed by atoms with Crippen molar-refractivity contribution in [3.05, 3.63) is 80.9 Å². The van der Waals surface area contributed by atoms with Crippen molar-refractivity contribution < 1.29 is 4.39 Å². The molecule has 32 heavy (non-hydrogen) atoms. The van der Waals surface area contributed by atoms with Gasteiger partial charge in [0.1, 0.15) is 5.82 Å². The van der Waals surface area contributed by atoms with Crippen LogP contribution in [0.1, 0.15) is 54.4 Å². The van der Waals surface area contributed by atoms with Crippen molar-refractivity contribution in [1.82, 2.24) is 15.2 Å². The monoisotopic (exact) mass is 451 g/mol. The highest BCUT2D eigenvalue weighted by Gasteiger charge is 2.19. The SMILES string of the molecule is Cc1cc(C)c2cc(CN(Cc3ccc(F)cc3)C(=S)NC3CCCCC3)c(=O)[nH]c2c1. The van der Waals surface area contributed by atoms with Crippen LogP contribution in [0.4, 0.5) is 4.39 Å². The summed E-state index contributed by atoms with van der Waals surface area (Å²) in [6.07, 6.45) is 5.91. The molecule has 1 aromatic heterocycles. The summed E-state index contributed by atoms with van der Waals surface area (Å²) >= 11 is 5.79. The minimum absolute atomic E-state index is 0.105. The van der Waals surface area contributed by atoms with Crippen LogP contribution in [0.15, 0.2) is 47.3 Å². The van der Waals surface area contributed by atoms with Crippen LogP contribution in [0.2, 0.25) is 0 Å². The lowest BCUT2D eigenvalue weighted by atomic mass is 9.96. The number of thiocarbonyl (C=S) groups is 1. The third-order valence-corrected chi connectivity index (χ3v) is 6.63. The smallest absolute Gasteiger partial charge is 0.253 e. The van der Waals surface area contributed by atoms with Gasteiger partial charge in [0.05, 0.1) is 6.54 Å². The molecule has 0 spiro atoms. The highest BCUT2D eigenvalue weighted by molar-refractivity contribution is 7.80. The maximum absolute atomic E-state index is 13.4. The lowest BCUT2D eigenvalue weighted by Gasteiger charge is -2.31. The first kappa shape index (κ1) is 22.5. The first-order valence-corrected chi connectivity index (χ1v) is 11.7. The van der Waals surface area contributed by atoms with E-state index in [-0.39, 0.29) is 11.4 Å². The first-order valence-electron chi connectivity index (χ1n) is 11.3. The van der Waals surface area contributed by atoms with Crippen molar-refractivity contribution in [2.45, 2.75) is 65.1 Å². The first-order chi connectivity index (χ1) is 15.4. The number of aromatic amines is 1. The van der Waals surface area contributed by atoms with Gasteiger partial charge in [0.2, 0.25) is 0 Å². The fraction of sp³-hybridized carbons (Fsp3) is 0.385. The Labute approximate surface area is 193 Å². The van der Waals surface area contributed by atoms with Gasteiger partial charge in [-0.15, -0.1) is 0 Å². The molecule has 1 fully saturated rings. The molecule has 2 N–H and O–H groups in total. The minimum Gasteiger partial charge on any atom is -0.360 e. The Morgan fingerprint density at radius 3 is 2.53 bits per heavy atom. The number of rotatable bonds is 5. The molecule has 1 aliphatic carbocycles. The summed E-state index contributed by atoms with van der Waals surface area (Å²) in [7, 11) is 0. The van der Waals surface area contributed by atoms with E-state index in [9.17, 15) is 9.18 Å². The predicted octanol–water partition coefficient (Wildman–Crippen LogP) is 5.49. The second kappa shape index (κ2) is 9.82. The van der Waals surface area contributed by atoms with Gasteiger partial charge in [-0.25, -0.2) is 4.39 Å². The molecule has 4 rings (SSSR count). The molecule has 168 valence electrons. The van der Waals surface area contributed by atoms with E-state index in [0.29, 0.717) is 29.8 Å². The van der Waals surface area contributed by atoms with Gasteiger partial charge < -0.3 is 15.2 Å². The van der Waals surface area contributed by atoms with E-state index in [1.807, 2.05) is 24.0 Å². The van der Waals surface area contributed by atoms with E-state index >= 15 is 0 Å². The number of nitrogens with one attached hydrogen (secondary N) is 2. The van der Waals surface area contributed by atoms with Gasteiger partial charge in [0, 0.05) is 29.1 Å². The molecule has 0 atom stereocenters. The molecule has 6 heteroatoms. The van der Waals surface area contributed by atoms with Gasteiger partial charge >= 0.3 is 0 Å². The molecule has 0 unspecified atom stereocenters. The number of fused-ring (bicyclic) bond motifs is 1. The van der Waals surface area contributed by atoms with Crippen LogP contribution in [0.3, 0.4) is 0 Å². The zero-order valence-corrected chi connectivity index (χ0v) is 19.5. The predicted molar refractivity (Wildman–Crippen MR) is 132 cm³/mol. The van der Waals surface area contributed by atoms with Crippen molar-refractivity contribution in [3.8, 4) is 0 Å². The molecule has 1 aliphatic rings. The molecule has 0 radical (unpaired) electrons. The van der Waals surface area contributed by atoms with E-state index in [4.69, 9.17) is 12.2 Å². The summed E-state index contributed by atoms with van der Waals surface area (Å²) < 4.78 is 13.4. The number of hydrogen-bond donors (Lipinski definition) is 2. The number of aryl methyl sites for hydroxylation is 2. The zero-order valence-electron chi connectivity index (χ0n) is 18.7. The average Bonchev–Trinajstić information content (AvgIpc) is 2.76. The highest BCUT2D eigenvalue weighted by atomic mass is 32.1. The molecule has 3 aromatic rings. The summed E-state index contributed by atoms with van der Waals surface area (Å²) in [4.78, 5) is 18.0. The molecule has 0 amide bonds. The van der Waals surface area contributed by atoms with Crippen LogP contribution in [-0.4, -0.2) is 21.0 Å². The number of aromatic nitrogens is 1. The Balaban J connectivity index is 1.62. The van der Waals surface area contributed by atoms with E-state index in [2.05, 4.69) is 23.3 Å². The maximum atomic E-state index is 13.4. The van der Waals surface area contributed by atoms with Gasteiger partial charge in [-0.1, -0.05) is 37.5 Å². The van der Waals surface area contributed by atoms with Crippen LogP contribution in [-0.2, 0) is 13.1 Å². The minimum atomic E-state index is -0.264. The van der Waals surface area contributed by atoms with E-state index in [1.165, 1.54) is 31.4 Å². The second-order valence-corrected chi connectivity index (χ2v) is 9.32. The van der Waals surface area contributed by atoms with Crippen LogP contribution < -0.4 is 10.9 Å². The molecular weight excluding hydrogens is 421 g/mol. The highest BCUT2D eigenvalue weighted by Crippen LogP contribution is 2.21. The summed E-state index contributed by atoms with van der Waals surface area (Å²) in [6, 6.07) is 12.9. The summed E-state index contributed by atoms with van der Waals surface area (Å²) in [5.74, 6) is -0.264. The molecule has 2 aromatic carbocycles. The van der Waals surface area contributed by atoms with Gasteiger partial charge in [-0.2, -0.15) is 0 Å². The molecule has 1 saturated carbocycles. The Hall–Kier alpha value is -2.73. The Kier molecular flexibility index (Phi) is 6.89. The maximum Gasteiger partial charge on any atom is 0.253 e. The van der Waals surface area contributed by atoms with E-state index < -0.39 is 0 Å². The lowest BCUT2D eigenvalue weighted by Crippen LogP contribution is -2.45. The number of halogens is 1. The number of benzene rings is 2. The Morgan fingerprint density at radius 2 is 1.81 bits per heavy atom. The van der Waals surface area contributed by atoms with Gasteiger partial charge in [-0.05, 0) is 79.9 Å². The molecular formula is C26H30FN3OS. The van der Waals surface area contributed by atoms with Gasteiger partial charge in [-0.3, -0.25) is 4.79 Å². The van der Waals surface area contributed by atoms with E-state index in [1.54, 1.807) is 12.1 Å². The summed E-state index contributed by atoms with van der Waals surface area (Å²) in [6.45, 7) is 4.97. The van der Waals surface area contributed by atoms with Crippen molar-refractivity contribution >= 4 is 28.2 Å². The van der Waals surface area contributed by atoms with Crippen molar-refractivity contribution in [2.24, 2.45) is 0 Å². The fourth-order valence-electron chi connectivity index (χ4n) is 4.56. The second-order valence-electron chi connectivity index (χ2n) is 8.93.